The van der Waals surface area contributed by atoms with Crippen LogP contribution in [0, 0.1) is 12.8 Å². The van der Waals surface area contributed by atoms with Crippen molar-refractivity contribution in [2.24, 2.45) is 5.92 Å². The van der Waals surface area contributed by atoms with Crippen LogP contribution >= 0.6 is 0 Å². The summed E-state index contributed by atoms with van der Waals surface area (Å²) in [7, 11) is 0. The van der Waals surface area contributed by atoms with Crippen molar-refractivity contribution < 1.29 is 9.53 Å². The Morgan fingerprint density at radius 3 is 2.71 bits per heavy atom. The maximum absolute atomic E-state index is 11.6. The molecule has 92 valence electrons. The van der Waals surface area contributed by atoms with Crippen molar-refractivity contribution in [3.8, 4) is 5.75 Å². The molecule has 3 heteroatoms. The van der Waals surface area contributed by atoms with E-state index in [1.54, 1.807) is 0 Å². The SMILES string of the molecule is Cc1ccc(NC(=O)C2CC2)cc1OC(C)C. The number of carbonyl (C=O) groups is 1. The van der Waals surface area contributed by atoms with Gasteiger partial charge in [0.1, 0.15) is 5.75 Å². The molecule has 0 spiro atoms. The van der Waals surface area contributed by atoms with Crippen molar-refractivity contribution in [3.05, 3.63) is 23.8 Å². The number of hydrogen-bond acceptors (Lipinski definition) is 2. The molecule has 1 aliphatic rings. The van der Waals surface area contributed by atoms with Gasteiger partial charge in [0, 0.05) is 17.7 Å². The number of benzene rings is 1. The lowest BCUT2D eigenvalue weighted by Crippen LogP contribution is -2.14. The third kappa shape index (κ3) is 3.22. The minimum absolute atomic E-state index is 0.129. The highest BCUT2D eigenvalue weighted by Gasteiger charge is 2.29. The molecule has 0 bridgehead atoms. The summed E-state index contributed by atoms with van der Waals surface area (Å²) in [6.45, 7) is 5.99. The predicted molar refractivity (Wildman–Crippen MR) is 68.3 cm³/mol. The smallest absolute Gasteiger partial charge is 0.227 e. The second kappa shape index (κ2) is 4.78. The third-order valence-electron chi connectivity index (χ3n) is 2.77. The van der Waals surface area contributed by atoms with Crippen LogP contribution in [-0.4, -0.2) is 12.0 Å². The highest BCUT2D eigenvalue weighted by Crippen LogP contribution is 2.31. The fourth-order valence-electron chi connectivity index (χ4n) is 1.65. The lowest BCUT2D eigenvalue weighted by Gasteiger charge is -2.14. The molecule has 1 saturated carbocycles. The maximum atomic E-state index is 11.6. The number of anilines is 1. The van der Waals surface area contributed by atoms with Gasteiger partial charge in [0.2, 0.25) is 5.91 Å². The van der Waals surface area contributed by atoms with Gasteiger partial charge in [-0.2, -0.15) is 0 Å². The molecule has 1 N–H and O–H groups in total. The van der Waals surface area contributed by atoms with E-state index < -0.39 is 0 Å². The number of nitrogens with one attached hydrogen (secondary N) is 1. The van der Waals surface area contributed by atoms with Gasteiger partial charge in [0.05, 0.1) is 6.10 Å². The van der Waals surface area contributed by atoms with Gasteiger partial charge in [-0.15, -0.1) is 0 Å². The summed E-state index contributed by atoms with van der Waals surface area (Å²) in [6.07, 6.45) is 2.18. The van der Waals surface area contributed by atoms with Crippen LogP contribution in [0.4, 0.5) is 5.69 Å². The predicted octanol–water partition coefficient (Wildman–Crippen LogP) is 3.13. The molecular weight excluding hydrogens is 214 g/mol. The normalized spacial score (nSPS) is 14.8. The molecule has 0 aliphatic heterocycles. The second-order valence-corrected chi connectivity index (χ2v) is 4.91. The molecule has 0 aromatic heterocycles. The summed E-state index contributed by atoms with van der Waals surface area (Å²) in [5, 5.41) is 2.93. The number of amides is 1. The molecule has 0 unspecified atom stereocenters. The molecule has 1 fully saturated rings. The number of rotatable bonds is 4. The highest BCUT2D eigenvalue weighted by atomic mass is 16.5. The number of aryl methyl sites for hydroxylation is 1. The summed E-state index contributed by atoms with van der Waals surface area (Å²) in [5.41, 5.74) is 1.91. The molecule has 0 heterocycles. The van der Waals surface area contributed by atoms with Crippen molar-refractivity contribution >= 4 is 11.6 Å². The fraction of sp³-hybridized carbons (Fsp3) is 0.500. The quantitative estimate of drug-likeness (QED) is 0.867. The van der Waals surface area contributed by atoms with E-state index in [4.69, 9.17) is 4.74 Å². The molecule has 0 saturated heterocycles. The molecular formula is C14H19NO2. The summed E-state index contributed by atoms with van der Waals surface area (Å²) in [6, 6.07) is 5.79. The minimum Gasteiger partial charge on any atom is -0.491 e. The van der Waals surface area contributed by atoms with Crippen molar-refractivity contribution in [2.45, 2.75) is 39.7 Å². The zero-order valence-corrected chi connectivity index (χ0v) is 10.6. The van der Waals surface area contributed by atoms with Crippen molar-refractivity contribution in [1.82, 2.24) is 0 Å². The lowest BCUT2D eigenvalue weighted by atomic mass is 10.2. The summed E-state index contributed by atoms with van der Waals surface area (Å²) >= 11 is 0. The van der Waals surface area contributed by atoms with Gasteiger partial charge >= 0.3 is 0 Å². The Labute approximate surface area is 102 Å². The van der Waals surface area contributed by atoms with Gasteiger partial charge in [-0.25, -0.2) is 0 Å². The Hall–Kier alpha value is -1.51. The first-order valence-electron chi connectivity index (χ1n) is 6.14. The Kier molecular flexibility index (Phi) is 3.36. The van der Waals surface area contributed by atoms with E-state index >= 15 is 0 Å². The summed E-state index contributed by atoms with van der Waals surface area (Å²) < 4.78 is 5.69. The molecule has 1 aliphatic carbocycles. The van der Waals surface area contributed by atoms with Gasteiger partial charge in [-0.1, -0.05) is 6.07 Å². The highest BCUT2D eigenvalue weighted by molar-refractivity contribution is 5.94. The van der Waals surface area contributed by atoms with Crippen LogP contribution < -0.4 is 10.1 Å². The van der Waals surface area contributed by atoms with Crippen LogP contribution in [-0.2, 0) is 4.79 Å². The lowest BCUT2D eigenvalue weighted by molar-refractivity contribution is -0.117. The molecule has 1 aromatic carbocycles. The van der Waals surface area contributed by atoms with Gasteiger partial charge in [0.25, 0.3) is 0 Å². The summed E-state index contributed by atoms with van der Waals surface area (Å²) in [5.74, 6) is 1.20. The first-order chi connectivity index (χ1) is 8.06. The van der Waals surface area contributed by atoms with E-state index in [0.717, 1.165) is 29.8 Å². The van der Waals surface area contributed by atoms with Crippen LogP contribution in [0.2, 0.25) is 0 Å². The Bertz CT molecular complexity index is 422. The van der Waals surface area contributed by atoms with E-state index in [0.29, 0.717) is 0 Å². The van der Waals surface area contributed by atoms with Crippen LogP contribution in [0.3, 0.4) is 0 Å². The molecule has 1 amide bonds. The second-order valence-electron chi connectivity index (χ2n) is 4.91. The van der Waals surface area contributed by atoms with Gasteiger partial charge in [0.15, 0.2) is 0 Å². The van der Waals surface area contributed by atoms with Crippen LogP contribution in [0.15, 0.2) is 18.2 Å². The third-order valence-corrected chi connectivity index (χ3v) is 2.77. The zero-order chi connectivity index (χ0) is 12.4. The fourth-order valence-corrected chi connectivity index (χ4v) is 1.65. The Morgan fingerprint density at radius 1 is 1.41 bits per heavy atom. The number of carbonyl (C=O) groups excluding carboxylic acids is 1. The van der Waals surface area contributed by atoms with Gasteiger partial charge in [-0.05, 0) is 45.2 Å². The number of ether oxygens (including phenoxy) is 1. The minimum atomic E-state index is 0.129. The standard InChI is InChI=1S/C14H19NO2/c1-9(2)17-13-8-12(7-4-10(13)3)15-14(16)11-5-6-11/h4,7-9,11H,5-6H2,1-3H3,(H,15,16). The van der Waals surface area contributed by atoms with Crippen molar-refractivity contribution in [1.29, 1.82) is 0 Å². The largest absolute Gasteiger partial charge is 0.491 e. The van der Waals surface area contributed by atoms with E-state index in [2.05, 4.69) is 5.32 Å². The van der Waals surface area contributed by atoms with E-state index in [-0.39, 0.29) is 17.9 Å². The van der Waals surface area contributed by atoms with Crippen molar-refractivity contribution in [2.75, 3.05) is 5.32 Å². The first kappa shape index (κ1) is 12.0. The average Bonchev–Trinajstić information content (AvgIpc) is 3.05. The monoisotopic (exact) mass is 233 g/mol. The maximum Gasteiger partial charge on any atom is 0.227 e. The van der Waals surface area contributed by atoms with Crippen LogP contribution in [0.1, 0.15) is 32.3 Å². The molecule has 2 rings (SSSR count). The molecule has 17 heavy (non-hydrogen) atoms. The Morgan fingerprint density at radius 2 is 2.12 bits per heavy atom. The molecule has 3 nitrogen and oxygen atoms in total. The summed E-state index contributed by atoms with van der Waals surface area (Å²) in [4.78, 5) is 11.6. The van der Waals surface area contributed by atoms with Crippen LogP contribution in [0.5, 0.6) is 5.75 Å². The van der Waals surface area contributed by atoms with Crippen LogP contribution in [0.25, 0.3) is 0 Å². The first-order valence-corrected chi connectivity index (χ1v) is 6.14. The van der Waals surface area contributed by atoms with E-state index in [1.807, 2.05) is 39.0 Å². The van der Waals surface area contributed by atoms with Gasteiger partial charge < -0.3 is 10.1 Å². The van der Waals surface area contributed by atoms with E-state index in [1.165, 1.54) is 0 Å². The topological polar surface area (TPSA) is 38.3 Å². The van der Waals surface area contributed by atoms with Gasteiger partial charge in [-0.3, -0.25) is 4.79 Å². The number of hydrogen-bond donors (Lipinski definition) is 1. The Balaban J connectivity index is 2.09. The average molecular weight is 233 g/mol. The van der Waals surface area contributed by atoms with Crippen molar-refractivity contribution in [3.63, 3.8) is 0 Å². The van der Waals surface area contributed by atoms with E-state index in [9.17, 15) is 4.79 Å². The molecule has 0 atom stereocenters. The molecule has 1 aromatic rings. The molecule has 0 radical (unpaired) electrons. The zero-order valence-electron chi connectivity index (χ0n) is 10.6.